The lowest BCUT2D eigenvalue weighted by Gasteiger charge is -2.36. The van der Waals surface area contributed by atoms with E-state index in [1.807, 2.05) is 30.6 Å². The van der Waals surface area contributed by atoms with E-state index < -0.39 is 6.10 Å². The monoisotopic (exact) mass is 352 g/mol. The van der Waals surface area contributed by atoms with Gasteiger partial charge in [-0.05, 0) is 43.7 Å². The smallest absolute Gasteiger partial charge is 0.249 e. The van der Waals surface area contributed by atoms with Gasteiger partial charge < -0.3 is 15.3 Å². The average molecular weight is 352 g/mol. The Morgan fingerprint density at radius 3 is 2.58 bits per heavy atom. The van der Waals surface area contributed by atoms with Crippen LogP contribution in [0.1, 0.15) is 25.7 Å². The highest BCUT2D eigenvalue weighted by Gasteiger charge is 2.33. The Kier molecular flexibility index (Phi) is 4.84. The number of anilines is 1. The molecule has 6 heteroatoms. The molecule has 0 aromatic carbocycles. The fourth-order valence-corrected chi connectivity index (χ4v) is 3.59. The molecule has 2 N–H and O–H groups in total. The van der Waals surface area contributed by atoms with Crippen LogP contribution in [0.25, 0.3) is 11.1 Å². The van der Waals surface area contributed by atoms with E-state index in [1.165, 1.54) is 0 Å². The number of carbonyl (C=O) groups is 1. The zero-order valence-electron chi connectivity index (χ0n) is 14.7. The lowest BCUT2D eigenvalue weighted by Crippen LogP contribution is -2.45. The summed E-state index contributed by atoms with van der Waals surface area (Å²) in [6.45, 7) is 1.63. The van der Waals surface area contributed by atoms with E-state index >= 15 is 0 Å². The molecule has 3 heterocycles. The van der Waals surface area contributed by atoms with Crippen LogP contribution in [0, 0.1) is 5.92 Å². The highest BCUT2D eigenvalue weighted by molar-refractivity contribution is 5.81. The Hall–Kier alpha value is -2.47. The third kappa shape index (κ3) is 3.70. The molecule has 26 heavy (non-hydrogen) atoms. The first-order chi connectivity index (χ1) is 12.7. The molecule has 136 valence electrons. The second kappa shape index (κ2) is 7.41. The van der Waals surface area contributed by atoms with Crippen LogP contribution < -0.4 is 10.2 Å². The van der Waals surface area contributed by atoms with Gasteiger partial charge in [-0.2, -0.15) is 0 Å². The summed E-state index contributed by atoms with van der Waals surface area (Å²) >= 11 is 0. The van der Waals surface area contributed by atoms with Gasteiger partial charge in [0.1, 0.15) is 6.10 Å². The first-order valence-corrected chi connectivity index (χ1v) is 9.30. The zero-order chi connectivity index (χ0) is 17.9. The van der Waals surface area contributed by atoms with Crippen LogP contribution in [0.5, 0.6) is 0 Å². The van der Waals surface area contributed by atoms with E-state index in [0.717, 1.165) is 55.6 Å². The van der Waals surface area contributed by atoms with Crippen molar-refractivity contribution in [2.75, 3.05) is 18.0 Å². The number of carbonyl (C=O) groups excluding carboxylic acids is 1. The van der Waals surface area contributed by atoms with Crippen molar-refractivity contribution >= 4 is 11.6 Å². The van der Waals surface area contributed by atoms with Crippen LogP contribution in [0.15, 0.2) is 43.0 Å². The quantitative estimate of drug-likeness (QED) is 0.860. The van der Waals surface area contributed by atoms with Crippen molar-refractivity contribution in [3.8, 4) is 11.1 Å². The molecular weight excluding hydrogens is 328 g/mol. The van der Waals surface area contributed by atoms with Crippen molar-refractivity contribution in [3.05, 3.63) is 43.0 Å². The highest BCUT2D eigenvalue weighted by Crippen LogP contribution is 2.33. The van der Waals surface area contributed by atoms with Crippen molar-refractivity contribution in [2.45, 2.75) is 37.8 Å². The van der Waals surface area contributed by atoms with Gasteiger partial charge in [0, 0.05) is 60.7 Å². The number of rotatable bonds is 5. The minimum atomic E-state index is -0.895. The molecule has 0 bridgehead atoms. The van der Waals surface area contributed by atoms with Crippen molar-refractivity contribution in [3.63, 3.8) is 0 Å². The zero-order valence-corrected chi connectivity index (χ0v) is 14.7. The standard InChI is InChI=1S/C20H24N4O2/c25-19(20(26)23-16-3-4-16)14-6-10-24(11-7-14)18-5-9-22-13-17(18)15-2-1-8-21-12-15/h1-2,5,8-9,12-14,16,19,25H,3-4,6-7,10-11H2,(H,23,26). The van der Waals surface area contributed by atoms with Crippen molar-refractivity contribution in [2.24, 2.45) is 5.92 Å². The van der Waals surface area contributed by atoms with E-state index in [2.05, 4.69) is 20.2 Å². The van der Waals surface area contributed by atoms with Crippen LogP contribution in [-0.2, 0) is 4.79 Å². The molecule has 1 aliphatic heterocycles. The van der Waals surface area contributed by atoms with E-state index in [0.29, 0.717) is 0 Å². The summed E-state index contributed by atoms with van der Waals surface area (Å²) in [5.74, 6) is -0.181. The molecule has 2 aromatic rings. The van der Waals surface area contributed by atoms with Gasteiger partial charge in [0.25, 0.3) is 0 Å². The number of aliphatic hydroxyl groups is 1. The van der Waals surface area contributed by atoms with Crippen LogP contribution >= 0.6 is 0 Å². The Balaban J connectivity index is 1.43. The summed E-state index contributed by atoms with van der Waals surface area (Å²) in [6, 6.07) is 6.27. The van der Waals surface area contributed by atoms with E-state index in [9.17, 15) is 9.90 Å². The Bertz CT molecular complexity index is 755. The number of pyridine rings is 2. The van der Waals surface area contributed by atoms with Crippen LogP contribution in [-0.4, -0.2) is 46.2 Å². The van der Waals surface area contributed by atoms with Gasteiger partial charge in [0.05, 0.1) is 0 Å². The summed E-state index contributed by atoms with van der Waals surface area (Å²) in [7, 11) is 0. The first kappa shape index (κ1) is 17.0. The van der Waals surface area contributed by atoms with E-state index in [1.54, 1.807) is 12.4 Å². The maximum atomic E-state index is 12.1. The lowest BCUT2D eigenvalue weighted by atomic mass is 9.90. The molecular formula is C20H24N4O2. The first-order valence-electron chi connectivity index (χ1n) is 9.30. The number of amides is 1. The number of hydrogen-bond donors (Lipinski definition) is 2. The molecule has 1 unspecified atom stereocenters. The van der Waals surface area contributed by atoms with E-state index in [4.69, 9.17) is 0 Å². The van der Waals surface area contributed by atoms with Gasteiger partial charge >= 0.3 is 0 Å². The number of aliphatic hydroxyl groups excluding tert-OH is 1. The summed E-state index contributed by atoms with van der Waals surface area (Å²) in [5.41, 5.74) is 3.23. The molecule has 1 saturated heterocycles. The Morgan fingerprint density at radius 1 is 1.12 bits per heavy atom. The van der Waals surface area contributed by atoms with Gasteiger partial charge in [-0.3, -0.25) is 14.8 Å². The molecule has 0 spiro atoms. The third-order valence-electron chi connectivity index (χ3n) is 5.29. The molecule has 1 amide bonds. The number of hydrogen-bond acceptors (Lipinski definition) is 5. The topological polar surface area (TPSA) is 78.4 Å². The van der Waals surface area contributed by atoms with Gasteiger partial charge in [-0.25, -0.2) is 0 Å². The molecule has 6 nitrogen and oxygen atoms in total. The van der Waals surface area contributed by atoms with Gasteiger partial charge in [-0.15, -0.1) is 0 Å². The molecule has 0 radical (unpaired) electrons. The Morgan fingerprint density at radius 2 is 1.88 bits per heavy atom. The fourth-order valence-electron chi connectivity index (χ4n) is 3.59. The average Bonchev–Trinajstić information content (AvgIpc) is 3.52. The van der Waals surface area contributed by atoms with Crippen molar-refractivity contribution in [1.82, 2.24) is 15.3 Å². The lowest BCUT2D eigenvalue weighted by molar-refractivity contribution is -0.132. The van der Waals surface area contributed by atoms with Crippen LogP contribution in [0.2, 0.25) is 0 Å². The summed E-state index contributed by atoms with van der Waals surface area (Å²) < 4.78 is 0. The minimum Gasteiger partial charge on any atom is -0.383 e. The van der Waals surface area contributed by atoms with E-state index in [-0.39, 0.29) is 17.9 Å². The number of piperidine rings is 1. The molecule has 1 atom stereocenters. The summed E-state index contributed by atoms with van der Waals surface area (Å²) in [4.78, 5) is 22.9. The predicted octanol–water partition coefficient (Wildman–Crippen LogP) is 2.00. The van der Waals surface area contributed by atoms with Gasteiger partial charge in [0.15, 0.2) is 0 Å². The maximum absolute atomic E-state index is 12.1. The third-order valence-corrected chi connectivity index (χ3v) is 5.29. The van der Waals surface area contributed by atoms with Crippen LogP contribution in [0.3, 0.4) is 0 Å². The summed E-state index contributed by atoms with van der Waals surface area (Å²) in [6.07, 6.45) is 10.1. The second-order valence-electron chi connectivity index (χ2n) is 7.19. The largest absolute Gasteiger partial charge is 0.383 e. The normalized spacial score (nSPS) is 19.2. The number of nitrogens with one attached hydrogen (secondary N) is 1. The second-order valence-corrected chi connectivity index (χ2v) is 7.19. The molecule has 1 saturated carbocycles. The fraction of sp³-hybridized carbons (Fsp3) is 0.450. The Labute approximate surface area is 153 Å². The molecule has 1 aliphatic carbocycles. The predicted molar refractivity (Wildman–Crippen MR) is 99.6 cm³/mol. The molecule has 4 rings (SSSR count). The minimum absolute atomic E-state index is 0.0219. The van der Waals surface area contributed by atoms with Crippen molar-refractivity contribution in [1.29, 1.82) is 0 Å². The molecule has 2 aliphatic rings. The SMILES string of the molecule is O=C(NC1CC1)C(O)C1CCN(c2ccncc2-c2cccnc2)CC1. The molecule has 2 fully saturated rings. The van der Waals surface area contributed by atoms with Crippen molar-refractivity contribution < 1.29 is 9.90 Å². The number of nitrogens with zero attached hydrogens (tertiary/aromatic N) is 3. The van der Waals surface area contributed by atoms with Gasteiger partial charge in [-0.1, -0.05) is 6.07 Å². The molecule has 2 aromatic heterocycles. The van der Waals surface area contributed by atoms with Crippen LogP contribution in [0.4, 0.5) is 5.69 Å². The van der Waals surface area contributed by atoms with Gasteiger partial charge in [0.2, 0.25) is 5.91 Å². The highest BCUT2D eigenvalue weighted by atomic mass is 16.3. The maximum Gasteiger partial charge on any atom is 0.249 e. The summed E-state index contributed by atoms with van der Waals surface area (Å²) in [5, 5.41) is 13.3. The number of aromatic nitrogens is 2.